The van der Waals surface area contributed by atoms with Crippen molar-refractivity contribution < 1.29 is 69.8 Å². The number of hydrogen-bond acceptors (Lipinski definition) is 0. The van der Waals surface area contributed by atoms with Crippen molar-refractivity contribution in [2.45, 2.75) is 37.3 Å². The molecule has 0 N–H and O–H groups in total. The van der Waals surface area contributed by atoms with E-state index in [0.29, 0.717) is 41.0 Å². The zero-order valence-corrected chi connectivity index (χ0v) is 34.4. The van der Waals surface area contributed by atoms with Crippen LogP contribution in [-0.4, -0.2) is 0 Å². The Kier molecular flexibility index (Phi) is 14.9. The zero-order valence-electron chi connectivity index (χ0n) is 31.5. The maximum Gasteiger partial charge on any atom is 2.00 e. The smallest absolute Gasteiger partial charge is 0.214 e. The summed E-state index contributed by atoms with van der Waals surface area (Å²) in [6.45, 7) is 1.39. The number of hydrogen-bond donors (Lipinski definition) is 0. The zero-order chi connectivity index (χ0) is 43.5. The molecule has 0 fully saturated rings. The molecule has 15 heteroatoms. The summed E-state index contributed by atoms with van der Waals surface area (Å²) in [6.07, 6.45) is -21.3. The Morgan fingerprint density at radius 2 is 0.820 bits per heavy atom. The van der Waals surface area contributed by atoms with E-state index in [1.807, 2.05) is 103 Å². The summed E-state index contributed by atoms with van der Waals surface area (Å²) in [6, 6.07) is 42.2. The van der Waals surface area contributed by atoms with E-state index >= 15 is 0 Å². The van der Waals surface area contributed by atoms with Crippen LogP contribution in [0.1, 0.15) is 40.4 Å². The normalized spacial score (nSPS) is 12.8. The molecule has 1 atom stereocenters. The topological polar surface area (TPSA) is 0 Å². The molecule has 0 saturated carbocycles. The van der Waals surface area contributed by atoms with E-state index in [2.05, 4.69) is 0 Å². The quantitative estimate of drug-likeness (QED) is 0.0616. The Labute approximate surface area is 357 Å². The number of rotatable bonds is 8. The molecule has 0 aliphatic heterocycles. The van der Waals surface area contributed by atoms with Crippen molar-refractivity contribution >= 4 is 42.4 Å². The summed E-state index contributed by atoms with van der Waals surface area (Å²) in [5.74, 6) is 0. The minimum absolute atomic E-state index is 0. The molecule has 0 amide bonds. The fourth-order valence-corrected chi connectivity index (χ4v) is 12.0. The van der Waals surface area contributed by atoms with Crippen LogP contribution in [0.4, 0.5) is 52.7 Å². The molecule has 7 rings (SSSR count). The van der Waals surface area contributed by atoms with E-state index in [9.17, 15) is 52.7 Å². The van der Waals surface area contributed by atoms with Gasteiger partial charge in [-0.15, -0.1) is 0 Å². The second-order valence-corrected chi connectivity index (χ2v) is 18.2. The molecular weight excluding hydrogens is 898 g/mol. The molecule has 0 saturated heterocycles. The van der Waals surface area contributed by atoms with Crippen LogP contribution in [0.3, 0.4) is 0 Å². The van der Waals surface area contributed by atoms with E-state index in [-0.39, 0.29) is 29.2 Å². The molecule has 0 unspecified atom stereocenters. The summed E-state index contributed by atoms with van der Waals surface area (Å²) >= 11 is 0. The predicted molar refractivity (Wildman–Crippen MR) is 216 cm³/mol. The number of alkyl halides is 12. The van der Waals surface area contributed by atoms with Gasteiger partial charge in [0.25, 0.3) is 0 Å². The first kappa shape index (κ1) is 47.4. The van der Waals surface area contributed by atoms with E-state index in [0.717, 1.165) is 15.9 Å². The molecule has 318 valence electrons. The van der Waals surface area contributed by atoms with E-state index in [1.165, 1.54) is 13.0 Å². The van der Waals surface area contributed by atoms with E-state index in [4.69, 9.17) is 0 Å². The van der Waals surface area contributed by atoms with Gasteiger partial charge in [-0.25, -0.2) is 12.1 Å². The van der Waals surface area contributed by atoms with Gasteiger partial charge in [0.1, 0.15) is 0 Å². The van der Waals surface area contributed by atoms with Gasteiger partial charge >= 0.3 is 41.8 Å². The van der Waals surface area contributed by atoms with Crippen LogP contribution in [0.5, 0.6) is 0 Å². The fourth-order valence-electron chi connectivity index (χ4n) is 6.73. The van der Waals surface area contributed by atoms with Crippen molar-refractivity contribution in [2.24, 2.45) is 0 Å². The standard InChI is InChI=1S/C41H27F12P2.C5H5.Fe/c1-25(34-16-10-17-35(34)36-15-8-9-18-37(36)55(30-11-4-2-5-12-30)31-13-6-3-7-14-31)54(32-21-26(38(42,43)44)19-27(22-32)39(45,46)47)33-23-28(40(48,49)50)20-29(24-33)41(51,52)53;1-2-4-5-3-1;/h2-25H,1H3;1-5H;/q2*-1;+2/t25-;;/m1../s1. The van der Waals surface area contributed by atoms with Gasteiger partial charge in [0.15, 0.2) is 0 Å². The summed E-state index contributed by atoms with van der Waals surface area (Å²) in [7, 11) is -4.10. The second-order valence-electron chi connectivity index (χ2n) is 13.5. The molecule has 0 aliphatic rings. The molecule has 7 aromatic rings. The van der Waals surface area contributed by atoms with Crippen molar-refractivity contribution in [3.63, 3.8) is 0 Å². The van der Waals surface area contributed by atoms with Crippen LogP contribution < -0.4 is 26.5 Å². The Morgan fingerprint density at radius 1 is 0.426 bits per heavy atom. The van der Waals surface area contributed by atoms with Crippen molar-refractivity contribution in [2.75, 3.05) is 0 Å². The average Bonchev–Trinajstić information content (AvgIpc) is 3.95. The minimum Gasteiger partial charge on any atom is -0.214 e. The van der Waals surface area contributed by atoms with E-state index < -0.39 is 79.1 Å². The molecular formula is C46H32F12FeP2. The first-order chi connectivity index (χ1) is 28.2. The monoisotopic (exact) mass is 930 g/mol. The molecule has 0 aliphatic carbocycles. The molecule has 0 nitrogen and oxygen atoms in total. The molecule has 0 aromatic heterocycles. The summed E-state index contributed by atoms with van der Waals surface area (Å²) in [4.78, 5) is 0. The van der Waals surface area contributed by atoms with Gasteiger partial charge in [0.05, 0.1) is 22.3 Å². The predicted octanol–water partition coefficient (Wildman–Crippen LogP) is 13.5. The van der Waals surface area contributed by atoms with Crippen LogP contribution in [0.15, 0.2) is 170 Å². The second kappa shape index (κ2) is 19.2. The van der Waals surface area contributed by atoms with Gasteiger partial charge in [0.2, 0.25) is 0 Å². The fraction of sp³-hybridized carbons (Fsp3) is 0.130. The minimum atomic E-state index is -5.33. The maximum atomic E-state index is 14.1. The number of benzene rings is 5. The Bertz CT molecular complexity index is 2270. The third-order valence-electron chi connectivity index (χ3n) is 9.41. The third kappa shape index (κ3) is 11.4. The summed E-state index contributed by atoms with van der Waals surface area (Å²) in [5, 5.41) is 1.32. The first-order valence-electron chi connectivity index (χ1n) is 18.0. The van der Waals surface area contributed by atoms with Crippen LogP contribution in [0.2, 0.25) is 0 Å². The average molecular weight is 931 g/mol. The van der Waals surface area contributed by atoms with Crippen LogP contribution in [0.25, 0.3) is 11.1 Å². The van der Waals surface area contributed by atoms with Gasteiger partial charge in [-0.2, -0.15) is 100 Å². The largest absolute Gasteiger partial charge is 2.00 e. The molecule has 0 heterocycles. The van der Waals surface area contributed by atoms with Gasteiger partial charge in [-0.05, 0) is 84.4 Å². The summed E-state index contributed by atoms with van der Waals surface area (Å²) < 4.78 is 170. The van der Waals surface area contributed by atoms with Crippen LogP contribution in [0, 0.1) is 0 Å². The van der Waals surface area contributed by atoms with Crippen molar-refractivity contribution in [3.05, 3.63) is 198 Å². The maximum absolute atomic E-state index is 14.1. The number of halogens is 12. The Morgan fingerprint density at radius 3 is 1.20 bits per heavy atom. The molecule has 0 spiro atoms. The Hall–Kier alpha value is -4.66. The van der Waals surface area contributed by atoms with Crippen molar-refractivity contribution in [1.82, 2.24) is 0 Å². The van der Waals surface area contributed by atoms with Crippen LogP contribution in [-0.2, 0) is 41.8 Å². The van der Waals surface area contributed by atoms with Gasteiger partial charge in [-0.3, -0.25) is 0 Å². The van der Waals surface area contributed by atoms with Gasteiger partial charge in [-0.1, -0.05) is 97.4 Å². The molecule has 0 radical (unpaired) electrons. The first-order valence-corrected chi connectivity index (χ1v) is 20.8. The Balaban J connectivity index is 0.00000109. The van der Waals surface area contributed by atoms with Crippen molar-refractivity contribution in [3.8, 4) is 11.1 Å². The van der Waals surface area contributed by atoms with Crippen molar-refractivity contribution in [1.29, 1.82) is 0 Å². The SMILES string of the molecule is C[C@H](c1c[cH-]cc1-c1ccccc1P(c1ccccc1)c1ccccc1)P(c1cc(C(F)(F)F)cc(C(F)(F)F)c1)c1cc(C(F)(F)F)cc(C(F)(F)F)c1.[Fe+2].c1cc[cH-]c1. The third-order valence-corrected chi connectivity index (χ3v) is 14.6. The van der Waals surface area contributed by atoms with Gasteiger partial charge in [0, 0.05) is 0 Å². The molecule has 7 aromatic carbocycles. The molecule has 0 bridgehead atoms. The van der Waals surface area contributed by atoms with Gasteiger partial charge < -0.3 is 0 Å². The molecule has 61 heavy (non-hydrogen) atoms. The van der Waals surface area contributed by atoms with Crippen LogP contribution >= 0.6 is 15.8 Å². The van der Waals surface area contributed by atoms with E-state index in [1.54, 1.807) is 24.3 Å². The summed E-state index contributed by atoms with van der Waals surface area (Å²) in [5.41, 5.74) is -6.78.